The van der Waals surface area contributed by atoms with Gasteiger partial charge in [0.1, 0.15) is 0 Å². The molecule has 0 aliphatic carbocycles. The lowest BCUT2D eigenvalue weighted by atomic mass is 10.1. The lowest BCUT2D eigenvalue weighted by Crippen LogP contribution is -2.21. The number of nitrogens with zero attached hydrogens (tertiary/aromatic N) is 1. The van der Waals surface area contributed by atoms with Crippen LogP contribution in [-0.4, -0.2) is 18.9 Å². The molecule has 0 saturated carbocycles. The second kappa shape index (κ2) is 10.1. The number of hydrogen-bond donors (Lipinski definition) is 1. The Labute approximate surface area is 202 Å². The Bertz CT molecular complexity index is 1480. The van der Waals surface area contributed by atoms with Crippen molar-refractivity contribution in [1.29, 1.82) is 0 Å². The summed E-state index contributed by atoms with van der Waals surface area (Å²) in [4.78, 5) is 25.2. The van der Waals surface area contributed by atoms with Crippen molar-refractivity contribution >= 4 is 33.0 Å². The molecule has 0 fully saturated rings. The van der Waals surface area contributed by atoms with Gasteiger partial charge < -0.3 is 9.88 Å². The summed E-state index contributed by atoms with van der Waals surface area (Å²) in [6.45, 7) is 0.271. The van der Waals surface area contributed by atoms with Crippen LogP contribution in [0.2, 0.25) is 5.02 Å². The highest BCUT2D eigenvalue weighted by atomic mass is 35.5. The average Bonchev–Trinajstić information content (AvgIpc) is 2.83. The molecule has 1 heterocycles. The summed E-state index contributed by atoms with van der Waals surface area (Å²) in [5, 5.41) is 3.32. The van der Waals surface area contributed by atoms with E-state index >= 15 is 0 Å². The van der Waals surface area contributed by atoms with Crippen molar-refractivity contribution in [3.63, 3.8) is 0 Å². The van der Waals surface area contributed by atoms with Gasteiger partial charge in [-0.2, -0.15) is 0 Å². The van der Waals surface area contributed by atoms with E-state index < -0.39 is 9.84 Å². The first-order chi connectivity index (χ1) is 16.3. The molecule has 6 nitrogen and oxygen atoms in total. The molecule has 0 spiro atoms. The third-order valence-electron chi connectivity index (χ3n) is 5.21. The number of nitrogens with one attached hydrogen (secondary N) is 1. The molecule has 0 aliphatic heterocycles. The molecule has 0 aliphatic rings. The number of sulfone groups is 1. The van der Waals surface area contributed by atoms with Crippen LogP contribution < -0.4 is 10.9 Å². The van der Waals surface area contributed by atoms with E-state index in [9.17, 15) is 18.0 Å². The van der Waals surface area contributed by atoms with Gasteiger partial charge in [-0.25, -0.2) is 8.42 Å². The van der Waals surface area contributed by atoms with Gasteiger partial charge in [-0.3, -0.25) is 9.59 Å². The predicted molar refractivity (Wildman–Crippen MR) is 133 cm³/mol. The van der Waals surface area contributed by atoms with Gasteiger partial charge >= 0.3 is 0 Å². The van der Waals surface area contributed by atoms with Gasteiger partial charge in [-0.05, 0) is 47.5 Å². The molecule has 0 saturated heterocycles. The lowest BCUT2D eigenvalue weighted by molar-refractivity contribution is 0.102. The van der Waals surface area contributed by atoms with E-state index in [-0.39, 0.29) is 28.7 Å². The van der Waals surface area contributed by atoms with Gasteiger partial charge in [0.15, 0.2) is 9.84 Å². The Hall–Kier alpha value is -3.68. The van der Waals surface area contributed by atoms with Crippen LogP contribution in [0, 0.1) is 0 Å². The molecule has 4 aromatic rings. The Morgan fingerprint density at radius 1 is 0.853 bits per heavy atom. The van der Waals surface area contributed by atoms with Crippen LogP contribution in [0.5, 0.6) is 0 Å². The molecule has 0 bridgehead atoms. The minimum atomic E-state index is -3.48. The number of hydrogen-bond acceptors (Lipinski definition) is 4. The van der Waals surface area contributed by atoms with Crippen molar-refractivity contribution < 1.29 is 13.2 Å². The Balaban J connectivity index is 1.46. The Kier molecular flexibility index (Phi) is 6.95. The molecular weight excluding hydrogens is 472 g/mol. The average molecular weight is 493 g/mol. The number of anilines is 1. The van der Waals surface area contributed by atoms with Gasteiger partial charge in [0.05, 0.1) is 22.9 Å². The molecule has 172 valence electrons. The molecular formula is C26H21ClN2O4S. The fraction of sp³-hybridized carbons (Fsp3) is 0.0769. The highest BCUT2D eigenvalue weighted by molar-refractivity contribution is 7.90. The van der Waals surface area contributed by atoms with Crippen molar-refractivity contribution in [3.8, 4) is 0 Å². The van der Waals surface area contributed by atoms with E-state index in [0.29, 0.717) is 21.8 Å². The maximum absolute atomic E-state index is 12.7. The normalized spacial score (nSPS) is 11.2. The number of rotatable bonds is 7. The summed E-state index contributed by atoms with van der Waals surface area (Å²) in [7, 11) is -3.48. The number of carbonyl (C=O) groups is 1. The fourth-order valence-electron chi connectivity index (χ4n) is 3.43. The molecule has 8 heteroatoms. The smallest absolute Gasteiger partial charge is 0.255 e. The van der Waals surface area contributed by atoms with Crippen molar-refractivity contribution in [3.05, 3.63) is 129 Å². The standard InChI is InChI=1S/C26H21ClN2O4S/c27-24-9-5-4-6-21(24)16-29-17-22(14-15-25(29)30)28-26(31)20-12-10-19(11-13-20)18-34(32,33)23-7-2-1-3-8-23/h1-15,17H,16,18H2,(H,28,31). The monoisotopic (exact) mass is 492 g/mol. The summed E-state index contributed by atoms with van der Waals surface area (Å²) < 4.78 is 26.6. The number of benzene rings is 3. The van der Waals surface area contributed by atoms with Crippen LogP contribution in [0.15, 0.2) is 107 Å². The third kappa shape index (κ3) is 5.62. The number of aromatic nitrogens is 1. The lowest BCUT2D eigenvalue weighted by Gasteiger charge is -2.11. The van der Waals surface area contributed by atoms with Crippen LogP contribution >= 0.6 is 11.6 Å². The van der Waals surface area contributed by atoms with Gasteiger partial charge in [-0.1, -0.05) is 60.1 Å². The topological polar surface area (TPSA) is 85.2 Å². The molecule has 1 N–H and O–H groups in total. The number of carbonyl (C=O) groups excluding carboxylic acids is 1. The molecule has 0 unspecified atom stereocenters. The van der Waals surface area contributed by atoms with Crippen LogP contribution in [-0.2, 0) is 22.1 Å². The zero-order valence-electron chi connectivity index (χ0n) is 18.0. The van der Waals surface area contributed by atoms with E-state index in [1.807, 2.05) is 18.2 Å². The van der Waals surface area contributed by atoms with Crippen LogP contribution in [0.4, 0.5) is 5.69 Å². The molecule has 1 amide bonds. The summed E-state index contributed by atoms with van der Waals surface area (Å²) in [5.41, 5.74) is 1.96. The molecule has 3 aromatic carbocycles. The van der Waals surface area contributed by atoms with E-state index in [1.54, 1.807) is 66.9 Å². The first kappa shape index (κ1) is 23.5. The second-order valence-electron chi connectivity index (χ2n) is 7.70. The van der Waals surface area contributed by atoms with Gasteiger partial charge in [0, 0.05) is 22.8 Å². The highest BCUT2D eigenvalue weighted by Crippen LogP contribution is 2.18. The first-order valence-corrected chi connectivity index (χ1v) is 12.5. The van der Waals surface area contributed by atoms with E-state index in [0.717, 1.165) is 5.56 Å². The van der Waals surface area contributed by atoms with E-state index in [4.69, 9.17) is 11.6 Å². The molecule has 4 rings (SSSR count). The Morgan fingerprint density at radius 2 is 1.53 bits per heavy atom. The minimum Gasteiger partial charge on any atom is -0.321 e. The maximum atomic E-state index is 12.7. The van der Waals surface area contributed by atoms with Gasteiger partial charge in [0.2, 0.25) is 0 Å². The van der Waals surface area contributed by atoms with Crippen molar-refractivity contribution in [2.45, 2.75) is 17.2 Å². The third-order valence-corrected chi connectivity index (χ3v) is 7.29. The summed E-state index contributed by atoms with van der Waals surface area (Å²) >= 11 is 6.20. The Morgan fingerprint density at radius 3 is 2.24 bits per heavy atom. The first-order valence-electron chi connectivity index (χ1n) is 10.4. The second-order valence-corrected chi connectivity index (χ2v) is 10.1. The quantitative estimate of drug-likeness (QED) is 0.402. The molecule has 0 radical (unpaired) electrons. The summed E-state index contributed by atoms with van der Waals surface area (Å²) in [6.07, 6.45) is 1.56. The van der Waals surface area contributed by atoms with Gasteiger partial charge in [0.25, 0.3) is 11.5 Å². The number of amides is 1. The number of pyridine rings is 1. The van der Waals surface area contributed by atoms with E-state index in [2.05, 4.69) is 5.32 Å². The van der Waals surface area contributed by atoms with Gasteiger partial charge in [-0.15, -0.1) is 0 Å². The number of halogens is 1. The predicted octanol–water partition coefficient (Wildman–Crippen LogP) is 4.78. The maximum Gasteiger partial charge on any atom is 0.255 e. The van der Waals surface area contributed by atoms with E-state index in [1.165, 1.54) is 16.7 Å². The SMILES string of the molecule is O=C(Nc1ccc(=O)n(Cc2ccccc2Cl)c1)c1ccc(CS(=O)(=O)c2ccccc2)cc1. The van der Waals surface area contributed by atoms with Crippen molar-refractivity contribution in [1.82, 2.24) is 4.57 Å². The van der Waals surface area contributed by atoms with Crippen LogP contribution in [0.3, 0.4) is 0 Å². The molecule has 34 heavy (non-hydrogen) atoms. The van der Waals surface area contributed by atoms with Crippen molar-refractivity contribution in [2.24, 2.45) is 0 Å². The van der Waals surface area contributed by atoms with Crippen molar-refractivity contribution in [2.75, 3.05) is 5.32 Å². The summed E-state index contributed by atoms with van der Waals surface area (Å²) in [5.74, 6) is -0.535. The zero-order chi connectivity index (χ0) is 24.1. The highest BCUT2D eigenvalue weighted by Gasteiger charge is 2.15. The van der Waals surface area contributed by atoms with Crippen LogP contribution in [0.25, 0.3) is 0 Å². The minimum absolute atomic E-state index is 0.161. The zero-order valence-corrected chi connectivity index (χ0v) is 19.6. The molecule has 1 aromatic heterocycles. The largest absolute Gasteiger partial charge is 0.321 e. The molecule has 0 atom stereocenters. The summed E-state index contributed by atoms with van der Waals surface area (Å²) in [6, 6.07) is 24.8. The fourth-order valence-corrected chi connectivity index (χ4v) is 4.99. The van der Waals surface area contributed by atoms with Crippen LogP contribution in [0.1, 0.15) is 21.5 Å².